The van der Waals surface area contributed by atoms with Crippen molar-refractivity contribution in [3.8, 4) is 11.5 Å². The molecule has 0 bridgehead atoms. The van der Waals surface area contributed by atoms with Gasteiger partial charge in [-0.3, -0.25) is 4.84 Å². The van der Waals surface area contributed by atoms with Crippen LogP contribution in [0.4, 0.5) is 0 Å². The van der Waals surface area contributed by atoms with Crippen molar-refractivity contribution in [2.45, 2.75) is 44.9 Å². The van der Waals surface area contributed by atoms with Crippen LogP contribution in [0.5, 0.6) is 11.5 Å². The Hall–Kier alpha value is -1.64. The van der Waals surface area contributed by atoms with Crippen molar-refractivity contribution in [1.29, 1.82) is 0 Å². The highest BCUT2D eigenvalue weighted by Crippen LogP contribution is 2.18. The van der Waals surface area contributed by atoms with Gasteiger partial charge in [0.15, 0.2) is 0 Å². The maximum atomic E-state index is 11.7. The molecule has 0 unspecified atom stereocenters. The third kappa shape index (κ3) is 18.3. The molecule has 0 aliphatic carbocycles. The summed E-state index contributed by atoms with van der Waals surface area (Å²) in [6.45, 7) is 8.94. The fraction of sp³-hybridized carbons (Fsp3) is 0.478. The monoisotopic (exact) mass is 606 g/mol. The average molecular weight is 608 g/mol. The maximum absolute atomic E-state index is 11.7. The van der Waals surface area contributed by atoms with Crippen molar-refractivity contribution in [2.24, 2.45) is 17.7 Å². The van der Waals surface area contributed by atoms with Gasteiger partial charge in [-0.15, -0.1) is 12.4 Å². The predicted molar refractivity (Wildman–Crippen MR) is 149 cm³/mol. The molecule has 37 heavy (non-hydrogen) atoms. The molecule has 0 heterocycles. The lowest BCUT2D eigenvalue weighted by Gasteiger charge is -2.09. The Kier molecular flexibility index (Phi) is 21.9. The van der Waals surface area contributed by atoms with Gasteiger partial charge in [0.1, 0.15) is 11.5 Å². The molecule has 0 radical (unpaired) electrons. The number of nitrogens with one attached hydrogen (secondary N) is 1. The number of hydrogen-bond acceptors (Lipinski definition) is 9. The fourth-order valence-electron chi connectivity index (χ4n) is 2.01. The van der Waals surface area contributed by atoms with E-state index in [1.54, 1.807) is 12.1 Å². The Labute approximate surface area is 232 Å². The summed E-state index contributed by atoms with van der Waals surface area (Å²) in [6, 6.07) is 11.9. The van der Waals surface area contributed by atoms with Crippen molar-refractivity contribution >= 4 is 42.2 Å². The molecular formula is C23H40Cl2N2O8S2. The standard InChI is InChI=1S/C11H17NO4S.C7H7ClO3S.C4H11NO.CH4.ClH/c1-9(2)8-16-12-17(13,14)11-6-4-10(15-3)5-7-11;1-11-6-2-4-7(5-3-6)12(8,9)10;1-4(2)3-6-5;;/h4-7,9,12H,8H2,1-3H3;2-5H,1H3;4H,3,5H2,1-2H3;1H4;1H. The molecule has 0 amide bonds. The van der Waals surface area contributed by atoms with E-state index in [4.69, 9.17) is 30.9 Å². The zero-order chi connectivity index (χ0) is 27.1. The highest BCUT2D eigenvalue weighted by atomic mass is 35.7. The van der Waals surface area contributed by atoms with Crippen LogP contribution in [0, 0.1) is 11.8 Å². The highest BCUT2D eigenvalue weighted by molar-refractivity contribution is 8.13. The zero-order valence-corrected chi connectivity index (χ0v) is 24.3. The topological polar surface area (TPSA) is 143 Å². The molecule has 2 aromatic carbocycles. The minimum atomic E-state index is -3.61. The van der Waals surface area contributed by atoms with Gasteiger partial charge in [0.2, 0.25) is 0 Å². The largest absolute Gasteiger partial charge is 0.497 e. The first-order chi connectivity index (χ1) is 16.3. The van der Waals surface area contributed by atoms with Gasteiger partial charge in [-0.1, -0.05) is 40.0 Å². The fourth-order valence-corrected chi connectivity index (χ4v) is 3.60. The molecule has 3 N–H and O–H groups in total. The molecule has 0 aliphatic heterocycles. The molecule has 0 fully saturated rings. The number of ether oxygens (including phenoxy) is 2. The number of halogens is 2. The highest BCUT2D eigenvalue weighted by Gasteiger charge is 2.14. The van der Waals surface area contributed by atoms with E-state index in [9.17, 15) is 16.8 Å². The van der Waals surface area contributed by atoms with E-state index in [-0.39, 0.29) is 35.5 Å². The van der Waals surface area contributed by atoms with E-state index in [0.717, 1.165) is 0 Å². The van der Waals surface area contributed by atoms with Crippen LogP contribution >= 0.6 is 23.1 Å². The van der Waals surface area contributed by atoms with E-state index in [1.165, 1.54) is 50.6 Å². The van der Waals surface area contributed by atoms with Crippen molar-refractivity contribution < 1.29 is 36.0 Å². The number of methoxy groups -OCH3 is 2. The molecule has 0 spiro atoms. The first-order valence-electron chi connectivity index (χ1n) is 10.4. The van der Waals surface area contributed by atoms with Crippen LogP contribution in [-0.4, -0.2) is 44.3 Å². The Morgan fingerprint density at radius 2 is 1.16 bits per heavy atom. The lowest BCUT2D eigenvalue weighted by molar-refractivity contribution is 0.0718. The van der Waals surface area contributed by atoms with Crippen LogP contribution in [0.2, 0.25) is 0 Å². The molecule has 0 aliphatic rings. The minimum Gasteiger partial charge on any atom is -0.497 e. The van der Waals surface area contributed by atoms with Crippen LogP contribution < -0.4 is 20.3 Å². The summed E-state index contributed by atoms with van der Waals surface area (Å²) in [7, 11) is 0.891. The summed E-state index contributed by atoms with van der Waals surface area (Å²) in [5.74, 6) is 6.74. The molecule has 2 aromatic rings. The van der Waals surface area contributed by atoms with Crippen LogP contribution in [0.25, 0.3) is 0 Å². The van der Waals surface area contributed by atoms with Gasteiger partial charge in [-0.25, -0.2) is 22.7 Å². The molecule has 0 aromatic heterocycles. The van der Waals surface area contributed by atoms with Gasteiger partial charge >= 0.3 is 0 Å². The molecule has 14 heteroatoms. The third-order valence-corrected chi connectivity index (χ3v) is 6.33. The Balaban J connectivity index is -0.000000507. The van der Waals surface area contributed by atoms with Gasteiger partial charge in [0.25, 0.3) is 19.1 Å². The Bertz CT molecular complexity index is 1050. The number of rotatable bonds is 10. The number of hydrogen-bond donors (Lipinski definition) is 2. The van der Waals surface area contributed by atoms with Crippen molar-refractivity contribution in [3.05, 3.63) is 48.5 Å². The molecule has 0 saturated heterocycles. The molecule has 10 nitrogen and oxygen atoms in total. The maximum Gasteiger partial charge on any atom is 0.262 e. The summed E-state index contributed by atoms with van der Waals surface area (Å²) in [5.41, 5.74) is 0. The van der Waals surface area contributed by atoms with E-state index in [2.05, 4.69) is 9.72 Å². The number of sulfonamides is 1. The van der Waals surface area contributed by atoms with Gasteiger partial charge in [-0.05, 0) is 60.4 Å². The second-order valence-corrected chi connectivity index (χ2v) is 12.0. The van der Waals surface area contributed by atoms with Crippen LogP contribution in [-0.2, 0) is 28.7 Å². The van der Waals surface area contributed by atoms with Gasteiger partial charge in [0.05, 0.1) is 37.2 Å². The summed E-state index contributed by atoms with van der Waals surface area (Å²) in [5, 5.41) is 0. The van der Waals surface area contributed by atoms with Crippen molar-refractivity contribution in [1.82, 2.24) is 4.89 Å². The van der Waals surface area contributed by atoms with Crippen LogP contribution in [0.1, 0.15) is 35.1 Å². The van der Waals surface area contributed by atoms with Gasteiger partial charge in [0, 0.05) is 10.7 Å². The molecule has 0 atom stereocenters. The second kappa shape index (κ2) is 20.3. The predicted octanol–water partition coefficient (Wildman–Crippen LogP) is 4.77. The van der Waals surface area contributed by atoms with Crippen molar-refractivity contribution in [2.75, 3.05) is 27.4 Å². The zero-order valence-electron chi connectivity index (χ0n) is 21.1. The summed E-state index contributed by atoms with van der Waals surface area (Å²) in [4.78, 5) is 11.5. The van der Waals surface area contributed by atoms with Crippen molar-refractivity contribution in [3.63, 3.8) is 0 Å². The lowest BCUT2D eigenvalue weighted by atomic mass is 10.2. The normalized spacial score (nSPS) is 10.6. The summed E-state index contributed by atoms with van der Waals surface area (Å²) in [6.07, 6.45) is 0. The SMILES string of the molecule is C.CC(C)CON.COc1ccc(S(=O)(=O)Cl)cc1.COc1ccc(S(=O)(=O)NOCC(C)C)cc1.Cl. The lowest BCUT2D eigenvalue weighted by Crippen LogP contribution is -2.25. The van der Waals surface area contributed by atoms with Crippen LogP contribution in [0.3, 0.4) is 0 Å². The van der Waals surface area contributed by atoms with E-state index in [1.807, 2.05) is 27.7 Å². The number of benzene rings is 2. The summed E-state index contributed by atoms with van der Waals surface area (Å²) >= 11 is 0. The van der Waals surface area contributed by atoms with E-state index >= 15 is 0 Å². The van der Waals surface area contributed by atoms with Gasteiger partial charge in [-0.2, -0.15) is 0 Å². The quantitative estimate of drug-likeness (QED) is 0.288. The Morgan fingerprint density at radius 3 is 1.43 bits per heavy atom. The van der Waals surface area contributed by atoms with E-state index in [0.29, 0.717) is 30.6 Å². The summed E-state index contributed by atoms with van der Waals surface area (Å²) < 4.78 is 54.8. The van der Waals surface area contributed by atoms with E-state index < -0.39 is 19.1 Å². The Morgan fingerprint density at radius 1 is 0.784 bits per heavy atom. The second-order valence-electron chi connectivity index (χ2n) is 7.81. The molecule has 2 rings (SSSR count). The number of nitrogens with two attached hydrogens (primary N) is 1. The molecule has 0 saturated carbocycles. The minimum absolute atomic E-state index is 0. The third-order valence-electron chi connectivity index (χ3n) is 3.73. The van der Waals surface area contributed by atoms with Crippen LogP contribution in [0.15, 0.2) is 58.3 Å². The average Bonchev–Trinajstić information content (AvgIpc) is 2.79. The molecular weight excluding hydrogens is 567 g/mol. The smallest absolute Gasteiger partial charge is 0.262 e. The first-order valence-corrected chi connectivity index (χ1v) is 14.2. The molecule has 216 valence electrons. The van der Waals surface area contributed by atoms with Gasteiger partial charge < -0.3 is 14.3 Å². The first kappa shape index (κ1) is 39.9.